The van der Waals surface area contributed by atoms with Crippen molar-refractivity contribution in [2.24, 2.45) is 5.41 Å². The summed E-state index contributed by atoms with van der Waals surface area (Å²) < 4.78 is 1.66. The fourth-order valence-corrected chi connectivity index (χ4v) is 2.03. The van der Waals surface area contributed by atoms with Crippen LogP contribution in [0.2, 0.25) is 0 Å². The quantitative estimate of drug-likeness (QED) is 0.755. The highest BCUT2D eigenvalue weighted by atomic mass is 16.2. The molecule has 0 bridgehead atoms. The average Bonchev–Trinajstić information content (AvgIpc) is 2.55. The molecule has 0 aliphatic heterocycles. The van der Waals surface area contributed by atoms with Gasteiger partial charge in [-0.25, -0.2) is 0 Å². The number of aryl methyl sites for hydroxylation is 1. The Morgan fingerprint density at radius 1 is 1.29 bits per heavy atom. The molecule has 3 nitrogen and oxygen atoms in total. The van der Waals surface area contributed by atoms with E-state index < -0.39 is 5.41 Å². The van der Waals surface area contributed by atoms with Gasteiger partial charge < -0.3 is 5.73 Å². The number of aromatic nitrogens is 1. The van der Waals surface area contributed by atoms with Crippen LogP contribution in [0.3, 0.4) is 0 Å². The zero-order chi connectivity index (χ0) is 12.8. The molecule has 2 rings (SSSR count). The maximum atomic E-state index is 12.3. The molecule has 90 valence electrons. The number of carbonyl (C=O) groups is 1. The van der Waals surface area contributed by atoms with E-state index in [0.717, 1.165) is 16.5 Å². The molecule has 0 aliphatic rings. The van der Waals surface area contributed by atoms with Crippen molar-refractivity contribution >= 4 is 22.5 Å². The van der Waals surface area contributed by atoms with E-state index in [1.807, 2.05) is 45.9 Å². The number of anilines is 1. The molecule has 0 spiro atoms. The Hall–Kier alpha value is -1.77. The molecule has 0 atom stereocenters. The lowest BCUT2D eigenvalue weighted by atomic mass is 9.95. The van der Waals surface area contributed by atoms with E-state index in [-0.39, 0.29) is 5.91 Å². The first-order valence-electron chi connectivity index (χ1n) is 5.73. The highest BCUT2D eigenvalue weighted by molar-refractivity contribution is 6.02. The Balaban J connectivity index is 2.73. The minimum atomic E-state index is -0.415. The van der Waals surface area contributed by atoms with Crippen molar-refractivity contribution in [2.75, 3.05) is 5.73 Å². The lowest BCUT2D eigenvalue weighted by Crippen LogP contribution is -2.26. The van der Waals surface area contributed by atoms with Crippen LogP contribution in [-0.2, 0) is 0 Å². The Labute approximate surface area is 101 Å². The van der Waals surface area contributed by atoms with Crippen molar-refractivity contribution in [1.29, 1.82) is 0 Å². The van der Waals surface area contributed by atoms with Gasteiger partial charge in [0, 0.05) is 17.0 Å². The number of carbonyl (C=O) groups excluding carboxylic acids is 1. The summed E-state index contributed by atoms with van der Waals surface area (Å²) in [5.41, 5.74) is 8.22. The predicted molar refractivity (Wildman–Crippen MR) is 71.2 cm³/mol. The van der Waals surface area contributed by atoms with Crippen LogP contribution in [0.4, 0.5) is 5.69 Å². The van der Waals surface area contributed by atoms with Gasteiger partial charge >= 0.3 is 0 Å². The van der Waals surface area contributed by atoms with Crippen molar-refractivity contribution in [2.45, 2.75) is 27.7 Å². The number of rotatable bonds is 0. The first-order valence-corrected chi connectivity index (χ1v) is 5.73. The van der Waals surface area contributed by atoms with E-state index in [0.29, 0.717) is 5.69 Å². The molecule has 1 aromatic heterocycles. The molecule has 0 radical (unpaired) electrons. The van der Waals surface area contributed by atoms with Crippen LogP contribution in [0.25, 0.3) is 10.9 Å². The molecular weight excluding hydrogens is 212 g/mol. The highest BCUT2D eigenvalue weighted by Gasteiger charge is 2.25. The van der Waals surface area contributed by atoms with Crippen molar-refractivity contribution in [3.05, 3.63) is 30.0 Å². The smallest absolute Gasteiger partial charge is 0.236 e. The van der Waals surface area contributed by atoms with Crippen LogP contribution < -0.4 is 5.73 Å². The molecule has 3 heteroatoms. The van der Waals surface area contributed by atoms with Gasteiger partial charge in [-0.2, -0.15) is 0 Å². The van der Waals surface area contributed by atoms with Gasteiger partial charge in [-0.05, 0) is 18.6 Å². The lowest BCUT2D eigenvalue weighted by Gasteiger charge is -2.17. The normalized spacial score (nSPS) is 12.0. The lowest BCUT2D eigenvalue weighted by molar-refractivity contribution is 0.0773. The van der Waals surface area contributed by atoms with Gasteiger partial charge in [0.1, 0.15) is 0 Å². The van der Waals surface area contributed by atoms with Crippen LogP contribution in [0.15, 0.2) is 24.4 Å². The maximum Gasteiger partial charge on any atom is 0.236 e. The Bertz CT molecular complexity index is 588. The minimum absolute atomic E-state index is 0.0600. The van der Waals surface area contributed by atoms with Gasteiger partial charge in [0.25, 0.3) is 0 Å². The Kier molecular flexibility index (Phi) is 2.49. The third kappa shape index (κ3) is 1.82. The van der Waals surface area contributed by atoms with Crippen LogP contribution in [0.1, 0.15) is 31.1 Å². The first kappa shape index (κ1) is 11.7. The van der Waals surface area contributed by atoms with E-state index in [2.05, 4.69) is 0 Å². The Morgan fingerprint density at radius 3 is 2.53 bits per heavy atom. The number of benzene rings is 1. The van der Waals surface area contributed by atoms with E-state index >= 15 is 0 Å². The predicted octanol–water partition coefficient (Wildman–Crippen LogP) is 3.22. The third-order valence-corrected chi connectivity index (χ3v) is 2.93. The van der Waals surface area contributed by atoms with Crippen LogP contribution in [0, 0.1) is 12.3 Å². The molecule has 0 unspecified atom stereocenters. The summed E-state index contributed by atoms with van der Waals surface area (Å²) in [5, 5.41) is 0.977. The second-order valence-electron chi connectivity index (χ2n) is 5.48. The molecule has 0 fully saturated rings. The summed E-state index contributed by atoms with van der Waals surface area (Å²) in [6.45, 7) is 7.73. The molecule has 17 heavy (non-hydrogen) atoms. The Morgan fingerprint density at radius 2 is 1.94 bits per heavy atom. The molecule has 0 aliphatic carbocycles. The van der Waals surface area contributed by atoms with Crippen molar-refractivity contribution in [3.8, 4) is 0 Å². The molecule has 1 aromatic carbocycles. The van der Waals surface area contributed by atoms with Crippen LogP contribution in [0.5, 0.6) is 0 Å². The summed E-state index contributed by atoms with van der Waals surface area (Å²) in [6.07, 6.45) is 1.73. The first-order chi connectivity index (χ1) is 7.82. The number of hydrogen-bond donors (Lipinski definition) is 1. The molecule has 1 heterocycles. The summed E-state index contributed by atoms with van der Waals surface area (Å²) in [4.78, 5) is 12.3. The van der Waals surface area contributed by atoms with E-state index in [4.69, 9.17) is 5.73 Å². The SMILES string of the molecule is Cc1cccc2c1c(N)cn2C(=O)C(C)(C)C. The molecule has 0 saturated carbocycles. The van der Waals surface area contributed by atoms with Gasteiger partial charge in [-0.15, -0.1) is 0 Å². The van der Waals surface area contributed by atoms with E-state index in [9.17, 15) is 4.79 Å². The second kappa shape index (κ2) is 3.62. The summed E-state index contributed by atoms with van der Waals surface area (Å²) in [7, 11) is 0. The van der Waals surface area contributed by atoms with E-state index in [1.165, 1.54) is 0 Å². The summed E-state index contributed by atoms with van der Waals surface area (Å²) in [5.74, 6) is 0.0600. The highest BCUT2D eigenvalue weighted by Crippen LogP contribution is 2.29. The molecule has 0 saturated heterocycles. The fourth-order valence-electron chi connectivity index (χ4n) is 2.03. The van der Waals surface area contributed by atoms with Gasteiger partial charge in [0.15, 0.2) is 0 Å². The van der Waals surface area contributed by atoms with Crippen LogP contribution in [-0.4, -0.2) is 10.5 Å². The van der Waals surface area contributed by atoms with Crippen molar-refractivity contribution in [3.63, 3.8) is 0 Å². The zero-order valence-corrected chi connectivity index (χ0v) is 10.7. The van der Waals surface area contributed by atoms with Crippen molar-refractivity contribution < 1.29 is 4.79 Å². The van der Waals surface area contributed by atoms with Crippen molar-refractivity contribution in [1.82, 2.24) is 4.57 Å². The van der Waals surface area contributed by atoms with Gasteiger partial charge in [0.05, 0.1) is 11.2 Å². The number of fused-ring (bicyclic) bond motifs is 1. The number of nitrogens with zero attached hydrogens (tertiary/aromatic N) is 1. The standard InChI is InChI=1S/C14H18N2O/c1-9-6-5-7-11-12(9)10(15)8-16(11)13(17)14(2,3)4/h5-8H,15H2,1-4H3. The zero-order valence-electron chi connectivity index (χ0n) is 10.7. The number of nitrogens with two attached hydrogens (primary N) is 1. The maximum absolute atomic E-state index is 12.3. The van der Waals surface area contributed by atoms with Crippen LogP contribution >= 0.6 is 0 Å². The molecule has 0 amide bonds. The second-order valence-corrected chi connectivity index (χ2v) is 5.48. The molecular formula is C14H18N2O. The monoisotopic (exact) mass is 230 g/mol. The van der Waals surface area contributed by atoms with Gasteiger partial charge in [-0.3, -0.25) is 9.36 Å². The third-order valence-electron chi connectivity index (χ3n) is 2.93. The largest absolute Gasteiger partial charge is 0.397 e. The fraction of sp³-hybridized carbons (Fsp3) is 0.357. The molecule has 2 aromatic rings. The summed E-state index contributed by atoms with van der Waals surface area (Å²) in [6, 6.07) is 5.89. The van der Waals surface area contributed by atoms with Gasteiger partial charge in [-0.1, -0.05) is 32.9 Å². The molecule has 2 N–H and O–H groups in total. The summed E-state index contributed by atoms with van der Waals surface area (Å²) >= 11 is 0. The van der Waals surface area contributed by atoms with E-state index in [1.54, 1.807) is 10.8 Å². The minimum Gasteiger partial charge on any atom is -0.397 e. The average molecular weight is 230 g/mol. The number of hydrogen-bond acceptors (Lipinski definition) is 2. The number of nitrogen functional groups attached to an aromatic ring is 1. The topological polar surface area (TPSA) is 48.0 Å². The van der Waals surface area contributed by atoms with Gasteiger partial charge in [0.2, 0.25) is 5.91 Å².